The zero-order chi connectivity index (χ0) is 10.7. The van der Waals surface area contributed by atoms with Crippen LogP contribution >= 0.6 is 31.9 Å². The largest absolute Gasteiger partial charge is 0.294 e. The lowest BCUT2D eigenvalue weighted by Gasteiger charge is -2.06. The first-order chi connectivity index (χ1) is 6.50. The molecule has 0 radical (unpaired) electrons. The Labute approximate surface area is 101 Å². The highest BCUT2D eigenvalue weighted by molar-refractivity contribution is 9.11. The quantitative estimate of drug-likeness (QED) is 0.753. The summed E-state index contributed by atoms with van der Waals surface area (Å²) < 4.78 is 1.84. The SMILES string of the molecule is CC(C)CC(=O)c1ccc(Br)cc1Br. The van der Waals surface area contributed by atoms with Gasteiger partial charge in [-0.3, -0.25) is 4.79 Å². The number of hydrogen-bond acceptors (Lipinski definition) is 1. The Hall–Kier alpha value is -0.150. The molecule has 1 aromatic rings. The molecule has 1 aromatic carbocycles. The first kappa shape index (κ1) is 11.9. The second-order valence-electron chi connectivity index (χ2n) is 3.65. The van der Waals surface area contributed by atoms with Crippen molar-refractivity contribution in [1.82, 2.24) is 0 Å². The smallest absolute Gasteiger partial charge is 0.164 e. The van der Waals surface area contributed by atoms with Gasteiger partial charge in [0.1, 0.15) is 0 Å². The number of carbonyl (C=O) groups excluding carboxylic acids is 1. The molecule has 0 fully saturated rings. The summed E-state index contributed by atoms with van der Waals surface area (Å²) in [4.78, 5) is 11.7. The number of rotatable bonds is 3. The average molecular weight is 320 g/mol. The molecule has 0 unspecified atom stereocenters. The molecule has 0 aliphatic heterocycles. The fraction of sp³-hybridized carbons (Fsp3) is 0.364. The van der Waals surface area contributed by atoms with Crippen LogP contribution in [0, 0.1) is 5.92 Å². The highest BCUT2D eigenvalue weighted by Gasteiger charge is 2.11. The van der Waals surface area contributed by atoms with Crippen molar-refractivity contribution in [1.29, 1.82) is 0 Å². The van der Waals surface area contributed by atoms with Gasteiger partial charge in [0.05, 0.1) is 0 Å². The van der Waals surface area contributed by atoms with Crippen LogP contribution in [0.25, 0.3) is 0 Å². The van der Waals surface area contributed by atoms with Gasteiger partial charge in [-0.15, -0.1) is 0 Å². The lowest BCUT2D eigenvalue weighted by atomic mass is 10.0. The van der Waals surface area contributed by atoms with Crippen LogP contribution in [0.2, 0.25) is 0 Å². The lowest BCUT2D eigenvalue weighted by Crippen LogP contribution is -2.04. The number of carbonyl (C=O) groups is 1. The van der Waals surface area contributed by atoms with E-state index in [1.54, 1.807) is 0 Å². The predicted octanol–water partition coefficient (Wildman–Crippen LogP) is 4.44. The van der Waals surface area contributed by atoms with Crippen molar-refractivity contribution in [2.45, 2.75) is 20.3 Å². The van der Waals surface area contributed by atoms with Crippen molar-refractivity contribution >= 4 is 37.6 Å². The standard InChI is InChI=1S/C11H12Br2O/c1-7(2)5-11(14)9-4-3-8(12)6-10(9)13/h3-4,6-7H,5H2,1-2H3. The van der Waals surface area contributed by atoms with Gasteiger partial charge in [0.15, 0.2) is 5.78 Å². The molecule has 0 bridgehead atoms. The van der Waals surface area contributed by atoms with Gasteiger partial charge in [0.2, 0.25) is 0 Å². The molecule has 0 aliphatic carbocycles. The normalized spacial score (nSPS) is 10.6. The van der Waals surface area contributed by atoms with Crippen LogP contribution in [0.1, 0.15) is 30.6 Å². The van der Waals surface area contributed by atoms with E-state index in [1.165, 1.54) is 0 Å². The van der Waals surface area contributed by atoms with E-state index in [2.05, 4.69) is 31.9 Å². The molecule has 3 heteroatoms. The van der Waals surface area contributed by atoms with Gasteiger partial charge in [0.25, 0.3) is 0 Å². The van der Waals surface area contributed by atoms with Crippen LogP contribution in [-0.2, 0) is 0 Å². The highest BCUT2D eigenvalue weighted by Crippen LogP contribution is 2.23. The maximum atomic E-state index is 11.7. The van der Waals surface area contributed by atoms with Crippen LogP contribution < -0.4 is 0 Å². The summed E-state index contributed by atoms with van der Waals surface area (Å²) >= 11 is 6.74. The Balaban J connectivity index is 2.90. The second-order valence-corrected chi connectivity index (χ2v) is 5.42. The van der Waals surface area contributed by atoms with E-state index in [9.17, 15) is 4.79 Å². The Morgan fingerprint density at radius 1 is 1.36 bits per heavy atom. The van der Waals surface area contributed by atoms with Crippen LogP contribution in [0.15, 0.2) is 27.1 Å². The molecule has 76 valence electrons. The minimum absolute atomic E-state index is 0.194. The molecule has 0 aromatic heterocycles. The first-order valence-electron chi connectivity index (χ1n) is 4.49. The molecule has 0 amide bonds. The molecular formula is C11H12Br2O. The Morgan fingerprint density at radius 2 is 2.00 bits per heavy atom. The molecular weight excluding hydrogens is 308 g/mol. The predicted molar refractivity (Wildman–Crippen MR) is 65.6 cm³/mol. The molecule has 1 rings (SSSR count). The number of benzene rings is 1. The van der Waals surface area contributed by atoms with Crippen molar-refractivity contribution in [3.05, 3.63) is 32.7 Å². The van der Waals surface area contributed by atoms with Crippen molar-refractivity contribution in [3.8, 4) is 0 Å². The zero-order valence-corrected chi connectivity index (χ0v) is 11.4. The molecule has 14 heavy (non-hydrogen) atoms. The van der Waals surface area contributed by atoms with Gasteiger partial charge in [-0.1, -0.05) is 45.7 Å². The third kappa shape index (κ3) is 3.21. The molecule has 0 aliphatic rings. The van der Waals surface area contributed by atoms with Crippen molar-refractivity contribution in [2.75, 3.05) is 0 Å². The molecule has 1 nitrogen and oxygen atoms in total. The molecule has 0 atom stereocenters. The summed E-state index contributed by atoms with van der Waals surface area (Å²) in [5.74, 6) is 0.595. The average Bonchev–Trinajstić information content (AvgIpc) is 2.01. The maximum Gasteiger partial charge on any atom is 0.164 e. The van der Waals surface area contributed by atoms with Crippen LogP contribution in [0.5, 0.6) is 0 Å². The third-order valence-electron chi connectivity index (χ3n) is 1.83. The molecule has 0 saturated carbocycles. The van der Waals surface area contributed by atoms with Gasteiger partial charge in [-0.2, -0.15) is 0 Å². The number of hydrogen-bond donors (Lipinski definition) is 0. The number of ketones is 1. The fourth-order valence-electron chi connectivity index (χ4n) is 1.20. The van der Waals surface area contributed by atoms with Crippen LogP contribution in [0.4, 0.5) is 0 Å². The van der Waals surface area contributed by atoms with Gasteiger partial charge in [0, 0.05) is 20.9 Å². The van der Waals surface area contributed by atoms with E-state index in [-0.39, 0.29) is 5.78 Å². The second kappa shape index (κ2) is 5.08. The minimum atomic E-state index is 0.194. The highest BCUT2D eigenvalue weighted by atomic mass is 79.9. The topological polar surface area (TPSA) is 17.1 Å². The van der Waals surface area contributed by atoms with Crippen LogP contribution in [-0.4, -0.2) is 5.78 Å². The van der Waals surface area contributed by atoms with E-state index in [4.69, 9.17) is 0 Å². The van der Waals surface area contributed by atoms with Crippen LogP contribution in [0.3, 0.4) is 0 Å². The van der Waals surface area contributed by atoms with Crippen molar-refractivity contribution < 1.29 is 4.79 Å². The van der Waals surface area contributed by atoms with Crippen molar-refractivity contribution in [2.24, 2.45) is 5.92 Å². The zero-order valence-electron chi connectivity index (χ0n) is 8.18. The summed E-state index contributed by atoms with van der Waals surface area (Å²) in [5.41, 5.74) is 0.766. The Kier molecular flexibility index (Phi) is 4.32. The lowest BCUT2D eigenvalue weighted by molar-refractivity contribution is 0.0967. The third-order valence-corrected chi connectivity index (χ3v) is 2.97. The monoisotopic (exact) mass is 318 g/mol. The summed E-state index contributed by atoms with van der Waals surface area (Å²) in [5, 5.41) is 0. The summed E-state index contributed by atoms with van der Waals surface area (Å²) in [6.45, 7) is 4.09. The molecule has 0 spiro atoms. The molecule has 0 saturated heterocycles. The van der Waals surface area contributed by atoms with E-state index in [0.29, 0.717) is 12.3 Å². The minimum Gasteiger partial charge on any atom is -0.294 e. The molecule has 0 heterocycles. The first-order valence-corrected chi connectivity index (χ1v) is 6.07. The number of halogens is 2. The summed E-state index contributed by atoms with van der Waals surface area (Å²) in [6.07, 6.45) is 0.597. The van der Waals surface area contributed by atoms with Crippen molar-refractivity contribution in [3.63, 3.8) is 0 Å². The Morgan fingerprint density at radius 3 is 2.50 bits per heavy atom. The maximum absolute atomic E-state index is 11.7. The van der Waals surface area contributed by atoms with Gasteiger partial charge in [-0.05, 0) is 24.1 Å². The van der Waals surface area contributed by atoms with Gasteiger partial charge < -0.3 is 0 Å². The summed E-state index contributed by atoms with van der Waals surface area (Å²) in [7, 11) is 0. The van der Waals surface area contributed by atoms with E-state index in [0.717, 1.165) is 14.5 Å². The van der Waals surface area contributed by atoms with E-state index >= 15 is 0 Å². The summed E-state index contributed by atoms with van der Waals surface area (Å²) in [6, 6.07) is 5.63. The van der Waals surface area contributed by atoms with Gasteiger partial charge >= 0.3 is 0 Å². The van der Waals surface area contributed by atoms with E-state index in [1.807, 2.05) is 32.0 Å². The van der Waals surface area contributed by atoms with Gasteiger partial charge in [-0.25, -0.2) is 0 Å². The van der Waals surface area contributed by atoms with E-state index < -0.39 is 0 Å². The fourth-order valence-corrected chi connectivity index (χ4v) is 2.46. The molecule has 0 N–H and O–H groups in total. The number of Topliss-reactive ketones (excluding diaryl/α,β-unsaturated/α-hetero) is 1. The Bertz CT molecular complexity index is 345.